The normalized spacial score (nSPS) is 33.6. The maximum Gasteiger partial charge on any atom is 0.149 e. The van der Waals surface area contributed by atoms with Crippen LogP contribution in [0.3, 0.4) is 0 Å². The van der Waals surface area contributed by atoms with Gasteiger partial charge in [0.2, 0.25) is 0 Å². The molecule has 0 aromatic rings. The van der Waals surface area contributed by atoms with E-state index in [1.165, 1.54) is 12.7 Å². The first-order valence-electron chi connectivity index (χ1n) is 5.95. The van der Waals surface area contributed by atoms with E-state index in [2.05, 4.69) is 19.3 Å². The third kappa shape index (κ3) is 4.39. The lowest BCUT2D eigenvalue weighted by Crippen LogP contribution is -2.47. The summed E-state index contributed by atoms with van der Waals surface area (Å²) in [4.78, 5) is 0. The van der Waals surface area contributed by atoms with Gasteiger partial charge in [-0.05, 0) is 37.0 Å². The maximum atomic E-state index is 11.3. The molecule has 0 heterocycles. The van der Waals surface area contributed by atoms with Gasteiger partial charge in [0, 0.05) is 12.3 Å². The van der Waals surface area contributed by atoms with Crippen LogP contribution in [0.25, 0.3) is 0 Å². The second-order valence-electron chi connectivity index (χ2n) is 5.54. The van der Waals surface area contributed by atoms with Gasteiger partial charge in [-0.25, -0.2) is 8.42 Å². The van der Waals surface area contributed by atoms with E-state index in [9.17, 15) is 8.42 Å². The van der Waals surface area contributed by atoms with E-state index in [1.54, 1.807) is 0 Å². The van der Waals surface area contributed by atoms with Crippen molar-refractivity contribution in [3.63, 3.8) is 0 Å². The van der Waals surface area contributed by atoms with Gasteiger partial charge >= 0.3 is 0 Å². The summed E-state index contributed by atoms with van der Waals surface area (Å²) < 4.78 is 22.6. The quantitative estimate of drug-likeness (QED) is 0.573. The summed E-state index contributed by atoms with van der Waals surface area (Å²) in [7, 11) is -2.96. The number of hydrogen-bond donors (Lipinski definition) is 2. The number of hydrogen-bond acceptors (Lipinski definition) is 4. The first-order chi connectivity index (χ1) is 7.31. The molecule has 1 rings (SSSR count). The third-order valence-electron chi connectivity index (χ3n) is 3.48. The molecular formula is C11H24N2O2S. The van der Waals surface area contributed by atoms with Gasteiger partial charge in [-0.2, -0.15) is 0 Å². The highest BCUT2D eigenvalue weighted by molar-refractivity contribution is 7.90. The van der Waals surface area contributed by atoms with Crippen molar-refractivity contribution >= 4 is 9.84 Å². The van der Waals surface area contributed by atoms with E-state index >= 15 is 0 Å². The topological polar surface area (TPSA) is 72.2 Å². The second-order valence-corrected chi connectivity index (χ2v) is 7.73. The Balaban J connectivity index is 2.65. The van der Waals surface area contributed by atoms with Gasteiger partial charge in [0.25, 0.3) is 0 Å². The van der Waals surface area contributed by atoms with E-state index < -0.39 is 9.84 Å². The fraction of sp³-hybridized carbons (Fsp3) is 1.00. The van der Waals surface area contributed by atoms with Gasteiger partial charge in [-0.15, -0.1) is 0 Å². The molecule has 0 amide bonds. The molecule has 0 aliphatic heterocycles. The Labute approximate surface area is 98.9 Å². The molecule has 0 saturated heterocycles. The number of nitrogens with one attached hydrogen (secondary N) is 1. The van der Waals surface area contributed by atoms with Crippen LogP contribution in [0, 0.1) is 17.8 Å². The molecule has 96 valence electrons. The van der Waals surface area contributed by atoms with E-state index in [0.29, 0.717) is 17.8 Å². The van der Waals surface area contributed by atoms with Crippen LogP contribution in [0.2, 0.25) is 0 Å². The van der Waals surface area contributed by atoms with E-state index in [1.807, 2.05) is 0 Å². The monoisotopic (exact) mass is 248 g/mol. The van der Waals surface area contributed by atoms with Crippen molar-refractivity contribution in [1.82, 2.24) is 5.43 Å². The average molecular weight is 248 g/mol. The largest absolute Gasteiger partial charge is 0.271 e. The minimum atomic E-state index is -2.96. The molecule has 0 bridgehead atoms. The van der Waals surface area contributed by atoms with Crippen molar-refractivity contribution < 1.29 is 8.42 Å². The predicted molar refractivity (Wildman–Crippen MR) is 66.5 cm³/mol. The first-order valence-corrected chi connectivity index (χ1v) is 8.01. The molecule has 1 fully saturated rings. The Morgan fingerprint density at radius 3 is 2.12 bits per heavy atom. The van der Waals surface area contributed by atoms with Crippen LogP contribution in [0.5, 0.6) is 0 Å². The summed E-state index contributed by atoms with van der Waals surface area (Å²) in [5.74, 6) is 7.36. The van der Waals surface area contributed by atoms with E-state index in [0.717, 1.165) is 12.8 Å². The highest BCUT2D eigenvalue weighted by Crippen LogP contribution is 2.34. The van der Waals surface area contributed by atoms with Gasteiger partial charge in [0.05, 0.1) is 5.75 Å². The molecule has 3 atom stereocenters. The lowest BCUT2D eigenvalue weighted by molar-refractivity contribution is 0.184. The molecule has 0 radical (unpaired) electrons. The van der Waals surface area contributed by atoms with Gasteiger partial charge in [0.1, 0.15) is 9.84 Å². The van der Waals surface area contributed by atoms with Crippen molar-refractivity contribution in [3.8, 4) is 0 Å². The van der Waals surface area contributed by atoms with Gasteiger partial charge in [-0.1, -0.05) is 13.8 Å². The fourth-order valence-corrected chi connectivity index (χ4v) is 4.00. The first kappa shape index (κ1) is 13.9. The van der Waals surface area contributed by atoms with Crippen molar-refractivity contribution in [3.05, 3.63) is 0 Å². The molecule has 1 aliphatic carbocycles. The van der Waals surface area contributed by atoms with Crippen LogP contribution in [0.4, 0.5) is 0 Å². The highest BCUT2D eigenvalue weighted by atomic mass is 32.2. The molecule has 0 aromatic carbocycles. The molecule has 3 N–H and O–H groups in total. The molecule has 5 heteroatoms. The third-order valence-corrected chi connectivity index (χ3v) is 4.45. The van der Waals surface area contributed by atoms with Crippen LogP contribution in [0.1, 0.15) is 33.1 Å². The number of sulfone groups is 1. The molecule has 0 spiro atoms. The molecule has 0 aromatic heterocycles. The SMILES string of the molecule is CC1CC(C)CC(C(CS(C)(=O)=O)NN)C1. The van der Waals surface area contributed by atoms with E-state index in [4.69, 9.17) is 5.84 Å². The lowest BCUT2D eigenvalue weighted by atomic mass is 9.74. The molecular weight excluding hydrogens is 224 g/mol. The summed E-state index contributed by atoms with van der Waals surface area (Å²) in [5.41, 5.74) is 2.69. The zero-order valence-electron chi connectivity index (χ0n) is 10.4. The Morgan fingerprint density at radius 2 is 1.75 bits per heavy atom. The van der Waals surface area contributed by atoms with Crippen LogP contribution in [0.15, 0.2) is 0 Å². The number of hydrazine groups is 1. The fourth-order valence-electron chi connectivity index (χ4n) is 2.98. The number of rotatable bonds is 4. The van der Waals surface area contributed by atoms with Crippen LogP contribution >= 0.6 is 0 Å². The summed E-state index contributed by atoms with van der Waals surface area (Å²) in [6.45, 7) is 4.47. The van der Waals surface area contributed by atoms with Gasteiger partial charge < -0.3 is 0 Å². The van der Waals surface area contributed by atoms with Crippen LogP contribution in [-0.2, 0) is 9.84 Å². The Morgan fingerprint density at radius 1 is 1.25 bits per heavy atom. The Bertz CT molecular complexity index is 306. The summed E-state index contributed by atoms with van der Waals surface area (Å²) >= 11 is 0. The Hall–Kier alpha value is -0.130. The summed E-state index contributed by atoms with van der Waals surface area (Å²) in [6, 6.07) is -0.0970. The van der Waals surface area contributed by atoms with Gasteiger partial charge in [0.15, 0.2) is 0 Å². The van der Waals surface area contributed by atoms with Crippen molar-refractivity contribution in [1.29, 1.82) is 0 Å². The molecule has 3 unspecified atom stereocenters. The smallest absolute Gasteiger partial charge is 0.149 e. The maximum absolute atomic E-state index is 11.3. The van der Waals surface area contributed by atoms with Crippen molar-refractivity contribution in [2.24, 2.45) is 23.6 Å². The number of nitrogens with two attached hydrogens (primary N) is 1. The predicted octanol–water partition coefficient (Wildman–Crippen LogP) is 0.935. The standard InChI is InChI=1S/C11H24N2O2S/c1-8-4-9(2)6-10(5-8)11(13-12)7-16(3,14)15/h8-11,13H,4-7,12H2,1-3H3. The minimum Gasteiger partial charge on any atom is -0.271 e. The van der Waals surface area contributed by atoms with Crippen molar-refractivity contribution in [2.75, 3.05) is 12.0 Å². The van der Waals surface area contributed by atoms with Crippen LogP contribution in [-0.4, -0.2) is 26.5 Å². The molecule has 1 saturated carbocycles. The van der Waals surface area contributed by atoms with E-state index in [-0.39, 0.29) is 11.8 Å². The van der Waals surface area contributed by atoms with Gasteiger partial charge in [-0.3, -0.25) is 11.3 Å². The molecule has 4 nitrogen and oxygen atoms in total. The minimum absolute atomic E-state index is 0.0970. The summed E-state index contributed by atoms with van der Waals surface area (Å²) in [6.07, 6.45) is 4.67. The lowest BCUT2D eigenvalue weighted by Gasteiger charge is -2.35. The van der Waals surface area contributed by atoms with Crippen LogP contribution < -0.4 is 11.3 Å². The average Bonchev–Trinajstić information content (AvgIpc) is 2.11. The molecule has 16 heavy (non-hydrogen) atoms. The Kier molecular flexibility index (Phi) is 4.76. The summed E-state index contributed by atoms with van der Waals surface area (Å²) in [5, 5.41) is 0. The van der Waals surface area contributed by atoms with Crippen molar-refractivity contribution in [2.45, 2.75) is 39.2 Å². The zero-order chi connectivity index (χ0) is 12.3. The highest BCUT2D eigenvalue weighted by Gasteiger charge is 2.31. The second kappa shape index (κ2) is 5.47. The zero-order valence-corrected chi connectivity index (χ0v) is 11.3. The molecule has 1 aliphatic rings.